The van der Waals surface area contributed by atoms with Crippen molar-refractivity contribution < 1.29 is 10.1 Å². The maximum absolute atomic E-state index is 10.0. The Kier molecular flexibility index (Phi) is 2.07. The first kappa shape index (κ1) is 9.60. The fraction of sp³-hybridized carbons (Fsp3) is 0.308. The number of aromatic amines is 1. The van der Waals surface area contributed by atoms with Gasteiger partial charge in [-0.1, -0.05) is 12.1 Å². The van der Waals surface area contributed by atoms with Crippen molar-refractivity contribution in [2.24, 2.45) is 0 Å². The highest BCUT2D eigenvalue weighted by atomic mass is 16.3. The SMILES string of the molecule is Nc1c2c([nH+]c3ccccc13)CCC[C@@H]2O. The van der Waals surface area contributed by atoms with Crippen LogP contribution in [0, 0.1) is 0 Å². The van der Waals surface area contributed by atoms with Gasteiger partial charge in [-0.05, 0) is 18.9 Å². The van der Waals surface area contributed by atoms with Crippen LogP contribution in [-0.4, -0.2) is 5.11 Å². The van der Waals surface area contributed by atoms with Crippen LogP contribution in [0.3, 0.4) is 0 Å². The molecule has 82 valence electrons. The van der Waals surface area contributed by atoms with Crippen LogP contribution >= 0.6 is 0 Å². The van der Waals surface area contributed by atoms with E-state index in [0.29, 0.717) is 0 Å². The smallest absolute Gasteiger partial charge is 0.213 e. The molecule has 0 fully saturated rings. The highest BCUT2D eigenvalue weighted by molar-refractivity contribution is 5.89. The van der Waals surface area contributed by atoms with Gasteiger partial charge in [-0.2, -0.15) is 0 Å². The van der Waals surface area contributed by atoms with Crippen LogP contribution < -0.4 is 10.7 Å². The molecule has 0 bridgehead atoms. The van der Waals surface area contributed by atoms with Gasteiger partial charge in [0, 0.05) is 12.5 Å². The van der Waals surface area contributed by atoms with Crippen molar-refractivity contribution in [3.8, 4) is 0 Å². The van der Waals surface area contributed by atoms with Crippen LogP contribution in [0.15, 0.2) is 24.3 Å². The fourth-order valence-electron chi connectivity index (χ4n) is 2.56. The Morgan fingerprint density at radius 1 is 1.31 bits per heavy atom. The molecule has 1 heterocycles. The number of para-hydroxylation sites is 1. The van der Waals surface area contributed by atoms with E-state index in [1.807, 2.05) is 24.3 Å². The van der Waals surface area contributed by atoms with E-state index in [0.717, 1.165) is 47.1 Å². The summed E-state index contributed by atoms with van der Waals surface area (Å²) in [7, 11) is 0. The third kappa shape index (κ3) is 1.28. The van der Waals surface area contributed by atoms with Crippen LogP contribution in [0.1, 0.15) is 30.2 Å². The average Bonchev–Trinajstić information content (AvgIpc) is 2.29. The summed E-state index contributed by atoms with van der Waals surface area (Å²) in [6.45, 7) is 0. The standard InChI is InChI=1S/C13H14N2O/c14-13-8-4-1-2-5-9(8)15-10-6-3-7-11(16)12(10)13/h1-2,4-5,11,16H,3,6-7H2,(H2,14,15)/p+1/t11-/m0/s1. The summed E-state index contributed by atoms with van der Waals surface area (Å²) in [5.41, 5.74) is 9.93. The van der Waals surface area contributed by atoms with E-state index in [-0.39, 0.29) is 0 Å². The number of hydrogen-bond donors (Lipinski definition) is 2. The number of pyridine rings is 1. The summed E-state index contributed by atoms with van der Waals surface area (Å²) in [5, 5.41) is 11.0. The van der Waals surface area contributed by atoms with Crippen LogP contribution in [-0.2, 0) is 6.42 Å². The molecule has 2 aromatic rings. The zero-order valence-corrected chi connectivity index (χ0v) is 9.03. The fourth-order valence-corrected chi connectivity index (χ4v) is 2.56. The molecule has 1 aliphatic carbocycles. The van der Waals surface area contributed by atoms with Crippen LogP contribution in [0.25, 0.3) is 10.9 Å². The molecule has 1 aromatic heterocycles. The topological polar surface area (TPSA) is 60.4 Å². The number of nitrogens with two attached hydrogens (primary N) is 1. The Morgan fingerprint density at radius 2 is 2.12 bits per heavy atom. The largest absolute Gasteiger partial charge is 0.398 e. The van der Waals surface area contributed by atoms with Crippen molar-refractivity contribution in [2.75, 3.05) is 5.73 Å². The number of anilines is 1. The predicted octanol–water partition coefficient (Wildman–Crippen LogP) is 1.61. The lowest BCUT2D eigenvalue weighted by atomic mass is 9.90. The lowest BCUT2D eigenvalue weighted by Crippen LogP contribution is -2.23. The summed E-state index contributed by atoms with van der Waals surface area (Å²) >= 11 is 0. The third-order valence-electron chi connectivity index (χ3n) is 3.36. The Bertz CT molecular complexity index is 551. The third-order valence-corrected chi connectivity index (χ3v) is 3.36. The van der Waals surface area contributed by atoms with Crippen molar-refractivity contribution in [2.45, 2.75) is 25.4 Å². The number of aryl methyl sites for hydroxylation is 1. The molecule has 0 unspecified atom stereocenters. The number of aliphatic hydroxyl groups excluding tert-OH is 1. The molecule has 0 radical (unpaired) electrons. The molecule has 0 amide bonds. The highest BCUT2D eigenvalue weighted by Crippen LogP contribution is 2.34. The molecule has 1 aromatic carbocycles. The van der Waals surface area contributed by atoms with Crippen molar-refractivity contribution >= 4 is 16.6 Å². The predicted molar refractivity (Wildman–Crippen MR) is 62.8 cm³/mol. The van der Waals surface area contributed by atoms with Gasteiger partial charge in [-0.25, -0.2) is 4.98 Å². The van der Waals surface area contributed by atoms with Gasteiger partial charge in [0.05, 0.1) is 22.7 Å². The first-order chi connectivity index (χ1) is 7.77. The van der Waals surface area contributed by atoms with E-state index in [9.17, 15) is 5.11 Å². The highest BCUT2D eigenvalue weighted by Gasteiger charge is 2.27. The molecule has 1 aliphatic rings. The number of hydrogen-bond acceptors (Lipinski definition) is 2. The van der Waals surface area contributed by atoms with Gasteiger partial charge in [0.25, 0.3) is 0 Å². The summed E-state index contributed by atoms with van der Waals surface area (Å²) in [6, 6.07) is 7.97. The number of nitrogen functional groups attached to an aromatic ring is 1. The molecule has 0 aliphatic heterocycles. The van der Waals surface area contributed by atoms with Gasteiger partial charge < -0.3 is 10.8 Å². The molecule has 1 atom stereocenters. The Labute approximate surface area is 93.9 Å². The van der Waals surface area contributed by atoms with Gasteiger partial charge in [0.2, 0.25) is 5.52 Å². The number of fused-ring (bicyclic) bond motifs is 2. The van der Waals surface area contributed by atoms with E-state index in [4.69, 9.17) is 5.73 Å². The van der Waals surface area contributed by atoms with Crippen LogP contribution in [0.5, 0.6) is 0 Å². The molecular weight excluding hydrogens is 200 g/mol. The van der Waals surface area contributed by atoms with Gasteiger partial charge in [-0.3, -0.25) is 0 Å². The Hall–Kier alpha value is -1.61. The average molecular weight is 215 g/mol. The lowest BCUT2D eigenvalue weighted by Gasteiger charge is -2.19. The number of aromatic nitrogens is 1. The van der Waals surface area contributed by atoms with E-state index >= 15 is 0 Å². The maximum Gasteiger partial charge on any atom is 0.213 e. The first-order valence-corrected chi connectivity index (χ1v) is 5.67. The second-order valence-corrected chi connectivity index (χ2v) is 4.38. The second-order valence-electron chi connectivity index (χ2n) is 4.38. The Morgan fingerprint density at radius 3 is 3.00 bits per heavy atom. The van der Waals surface area contributed by atoms with Crippen molar-refractivity contribution in [1.82, 2.24) is 0 Å². The first-order valence-electron chi connectivity index (χ1n) is 5.67. The summed E-state index contributed by atoms with van der Waals surface area (Å²) < 4.78 is 0. The number of nitrogens with one attached hydrogen (secondary N) is 1. The quantitative estimate of drug-likeness (QED) is 0.701. The molecule has 0 saturated heterocycles. The van der Waals surface area contributed by atoms with E-state index < -0.39 is 6.10 Å². The normalized spacial score (nSPS) is 19.7. The maximum atomic E-state index is 10.0. The number of rotatable bonds is 0. The summed E-state index contributed by atoms with van der Waals surface area (Å²) in [4.78, 5) is 3.38. The van der Waals surface area contributed by atoms with Gasteiger partial charge >= 0.3 is 0 Å². The lowest BCUT2D eigenvalue weighted by molar-refractivity contribution is -0.360. The zero-order valence-electron chi connectivity index (χ0n) is 9.03. The minimum Gasteiger partial charge on any atom is -0.398 e. The van der Waals surface area contributed by atoms with Gasteiger partial charge in [-0.15, -0.1) is 0 Å². The molecule has 0 spiro atoms. The molecular formula is C13H15N2O+. The molecule has 16 heavy (non-hydrogen) atoms. The molecule has 3 nitrogen and oxygen atoms in total. The van der Waals surface area contributed by atoms with Crippen molar-refractivity contribution in [3.63, 3.8) is 0 Å². The molecule has 3 heteroatoms. The van der Waals surface area contributed by atoms with Crippen LogP contribution in [0.2, 0.25) is 0 Å². The number of benzene rings is 1. The van der Waals surface area contributed by atoms with Crippen molar-refractivity contribution in [3.05, 3.63) is 35.5 Å². The minimum atomic E-state index is -0.412. The minimum absolute atomic E-state index is 0.412. The van der Waals surface area contributed by atoms with E-state index in [1.54, 1.807) is 0 Å². The Balaban J connectivity index is 2.36. The van der Waals surface area contributed by atoms with Crippen molar-refractivity contribution in [1.29, 1.82) is 0 Å². The van der Waals surface area contributed by atoms with Gasteiger partial charge in [0.15, 0.2) is 5.69 Å². The number of aliphatic hydroxyl groups is 1. The van der Waals surface area contributed by atoms with Gasteiger partial charge in [0.1, 0.15) is 0 Å². The molecule has 3 rings (SSSR count). The molecule has 0 saturated carbocycles. The summed E-state index contributed by atoms with van der Waals surface area (Å²) in [6.07, 6.45) is 2.39. The number of H-pyrrole nitrogens is 1. The van der Waals surface area contributed by atoms with E-state index in [1.165, 1.54) is 0 Å². The monoisotopic (exact) mass is 215 g/mol. The van der Waals surface area contributed by atoms with Crippen LogP contribution in [0.4, 0.5) is 5.69 Å². The molecule has 4 N–H and O–H groups in total. The van der Waals surface area contributed by atoms with E-state index in [2.05, 4.69) is 4.98 Å². The summed E-state index contributed by atoms with van der Waals surface area (Å²) in [5.74, 6) is 0. The second kappa shape index (κ2) is 3.46. The zero-order chi connectivity index (χ0) is 11.1.